The molecule has 24 heavy (non-hydrogen) atoms. The van der Waals surface area contributed by atoms with Crippen LogP contribution in [0.3, 0.4) is 0 Å². The van der Waals surface area contributed by atoms with Crippen LogP contribution < -0.4 is 5.32 Å². The Morgan fingerprint density at radius 1 is 1.12 bits per heavy atom. The predicted molar refractivity (Wildman–Crippen MR) is 106 cm³/mol. The summed E-state index contributed by atoms with van der Waals surface area (Å²) in [6.07, 6.45) is 1.98. The highest BCUT2D eigenvalue weighted by Crippen LogP contribution is 2.29. The van der Waals surface area contributed by atoms with Crippen molar-refractivity contribution in [3.8, 4) is 0 Å². The summed E-state index contributed by atoms with van der Waals surface area (Å²) in [4.78, 5) is 12.3. The van der Waals surface area contributed by atoms with Gasteiger partial charge in [0.05, 0.1) is 12.7 Å². The lowest BCUT2D eigenvalue weighted by atomic mass is 9.86. The molecule has 0 unspecified atom stereocenters. The van der Waals surface area contributed by atoms with Crippen molar-refractivity contribution in [2.24, 2.45) is 0 Å². The van der Waals surface area contributed by atoms with Gasteiger partial charge in [0.1, 0.15) is 5.58 Å². The van der Waals surface area contributed by atoms with Gasteiger partial charge in [-0.2, -0.15) is 0 Å². The highest BCUT2D eigenvalue weighted by Gasteiger charge is 2.17. The summed E-state index contributed by atoms with van der Waals surface area (Å²) in [7, 11) is 0. The largest absolute Gasteiger partial charge is 0.464 e. The van der Waals surface area contributed by atoms with Crippen LogP contribution in [0.15, 0.2) is 53.1 Å². The van der Waals surface area contributed by atoms with Crippen LogP contribution in [0.1, 0.15) is 31.9 Å². The second-order valence-corrected chi connectivity index (χ2v) is 8.20. The topological polar surface area (TPSA) is 42.2 Å². The summed E-state index contributed by atoms with van der Waals surface area (Å²) in [5.41, 5.74) is 3.84. The molecule has 124 valence electrons. The number of carbonyl (C=O) groups is 1. The van der Waals surface area contributed by atoms with E-state index in [9.17, 15) is 4.79 Å². The minimum atomic E-state index is -0.0416. The zero-order chi connectivity index (χ0) is 17.3. The molecule has 0 saturated heterocycles. The maximum absolute atomic E-state index is 12.3. The van der Waals surface area contributed by atoms with Crippen molar-refractivity contribution in [1.82, 2.24) is 0 Å². The first-order chi connectivity index (χ1) is 11.3. The first-order valence-corrected chi connectivity index (χ1v) is 8.97. The minimum Gasteiger partial charge on any atom is -0.464 e. The van der Waals surface area contributed by atoms with Crippen LogP contribution in [-0.2, 0) is 16.6 Å². The number of hydrogen-bond donors (Lipinski definition) is 1. The number of furan rings is 1. The number of fused-ring (bicyclic) bond motifs is 1. The van der Waals surface area contributed by atoms with Crippen LogP contribution in [0, 0.1) is 3.57 Å². The van der Waals surface area contributed by atoms with Gasteiger partial charge in [-0.25, -0.2) is 0 Å². The summed E-state index contributed by atoms with van der Waals surface area (Å²) >= 11 is 2.24. The minimum absolute atomic E-state index is 0.0416. The zero-order valence-corrected chi connectivity index (χ0v) is 16.2. The quantitative estimate of drug-likeness (QED) is 0.553. The normalized spacial score (nSPS) is 11.7. The Hall–Kier alpha value is -1.82. The van der Waals surface area contributed by atoms with Crippen LogP contribution in [0.5, 0.6) is 0 Å². The third-order valence-electron chi connectivity index (χ3n) is 4.00. The van der Waals surface area contributed by atoms with E-state index in [1.54, 1.807) is 6.26 Å². The maximum atomic E-state index is 12.3. The molecule has 1 heterocycles. The van der Waals surface area contributed by atoms with Gasteiger partial charge in [0.25, 0.3) is 0 Å². The van der Waals surface area contributed by atoms with Gasteiger partial charge in [-0.15, -0.1) is 0 Å². The molecule has 1 amide bonds. The molecular weight excluding hydrogens is 413 g/mol. The number of carbonyl (C=O) groups excluding carboxylic acids is 1. The van der Waals surface area contributed by atoms with Crippen molar-refractivity contribution in [1.29, 1.82) is 0 Å². The molecule has 0 bridgehead atoms. The molecule has 0 atom stereocenters. The molecule has 0 radical (unpaired) electrons. The van der Waals surface area contributed by atoms with Gasteiger partial charge in [0.15, 0.2) is 0 Å². The number of halogens is 1. The van der Waals surface area contributed by atoms with Crippen molar-refractivity contribution in [3.05, 3.63) is 63.4 Å². The summed E-state index contributed by atoms with van der Waals surface area (Å²) in [5.74, 6) is -0.0416. The average molecular weight is 433 g/mol. The van der Waals surface area contributed by atoms with Gasteiger partial charge in [-0.3, -0.25) is 4.79 Å². The highest BCUT2D eigenvalue weighted by molar-refractivity contribution is 14.1. The SMILES string of the molecule is CC(C)(C)c1ccc2occ(CC(=O)Nc3ccc(I)cc3)c2c1. The molecule has 4 heteroatoms. The third-order valence-corrected chi connectivity index (χ3v) is 4.72. The van der Waals surface area contributed by atoms with E-state index >= 15 is 0 Å². The molecule has 0 aliphatic rings. The first-order valence-electron chi connectivity index (χ1n) is 7.89. The van der Waals surface area contributed by atoms with Crippen molar-refractivity contribution in [3.63, 3.8) is 0 Å². The van der Waals surface area contributed by atoms with Crippen LogP contribution in [0.2, 0.25) is 0 Å². The Labute approximate surface area is 155 Å². The lowest BCUT2D eigenvalue weighted by Gasteiger charge is -2.18. The lowest BCUT2D eigenvalue weighted by Crippen LogP contribution is -2.14. The van der Waals surface area contributed by atoms with Crippen molar-refractivity contribution in [2.75, 3.05) is 5.32 Å². The molecule has 1 aromatic heterocycles. The standard InChI is InChI=1S/C20H20INO2/c1-20(2,3)14-4-9-18-17(11-14)13(12-24-18)10-19(23)22-16-7-5-15(21)6-8-16/h4-9,11-12H,10H2,1-3H3,(H,22,23). The van der Waals surface area contributed by atoms with Gasteiger partial charge in [0, 0.05) is 20.2 Å². The number of nitrogens with one attached hydrogen (secondary N) is 1. The Kier molecular flexibility index (Phi) is 4.67. The third kappa shape index (κ3) is 3.80. The Balaban J connectivity index is 1.81. The second-order valence-electron chi connectivity index (χ2n) is 6.95. The molecule has 0 spiro atoms. The Morgan fingerprint density at radius 3 is 2.50 bits per heavy atom. The van der Waals surface area contributed by atoms with Crippen LogP contribution in [0.25, 0.3) is 11.0 Å². The maximum Gasteiger partial charge on any atom is 0.228 e. The molecule has 3 nitrogen and oxygen atoms in total. The molecule has 0 aliphatic heterocycles. The first kappa shape index (κ1) is 17.0. The van der Waals surface area contributed by atoms with Gasteiger partial charge in [-0.1, -0.05) is 26.8 Å². The van der Waals surface area contributed by atoms with E-state index in [2.05, 4.69) is 60.8 Å². The molecule has 0 saturated carbocycles. The van der Waals surface area contributed by atoms with Crippen LogP contribution in [-0.4, -0.2) is 5.91 Å². The molecule has 2 aromatic carbocycles. The smallest absolute Gasteiger partial charge is 0.228 e. The number of anilines is 1. The van der Waals surface area contributed by atoms with Crippen molar-refractivity contribution < 1.29 is 9.21 Å². The lowest BCUT2D eigenvalue weighted by molar-refractivity contribution is -0.115. The van der Waals surface area contributed by atoms with E-state index in [4.69, 9.17) is 4.42 Å². The Bertz CT molecular complexity index is 873. The van der Waals surface area contributed by atoms with E-state index in [0.717, 1.165) is 25.8 Å². The summed E-state index contributed by atoms with van der Waals surface area (Å²) in [6.45, 7) is 6.53. The molecule has 0 fully saturated rings. The van der Waals surface area contributed by atoms with Gasteiger partial charge in [-0.05, 0) is 70.0 Å². The average Bonchev–Trinajstić information content (AvgIpc) is 2.91. The summed E-state index contributed by atoms with van der Waals surface area (Å²) < 4.78 is 6.74. The number of hydrogen-bond acceptors (Lipinski definition) is 2. The fourth-order valence-electron chi connectivity index (χ4n) is 2.60. The van der Waals surface area contributed by atoms with E-state index < -0.39 is 0 Å². The fraction of sp³-hybridized carbons (Fsp3) is 0.250. The Morgan fingerprint density at radius 2 is 1.83 bits per heavy atom. The molecule has 0 aliphatic carbocycles. The highest BCUT2D eigenvalue weighted by atomic mass is 127. The zero-order valence-electron chi connectivity index (χ0n) is 14.0. The molecule has 3 rings (SSSR count). The summed E-state index contributed by atoms with van der Waals surface area (Å²) in [5, 5.41) is 3.95. The molecule has 1 N–H and O–H groups in total. The fourth-order valence-corrected chi connectivity index (χ4v) is 2.96. The van der Waals surface area contributed by atoms with Gasteiger partial charge < -0.3 is 9.73 Å². The van der Waals surface area contributed by atoms with Crippen LogP contribution >= 0.6 is 22.6 Å². The molecular formula is C20H20INO2. The van der Waals surface area contributed by atoms with E-state index in [-0.39, 0.29) is 11.3 Å². The van der Waals surface area contributed by atoms with Crippen molar-refractivity contribution >= 4 is 45.2 Å². The van der Waals surface area contributed by atoms with E-state index in [1.165, 1.54) is 5.56 Å². The van der Waals surface area contributed by atoms with Gasteiger partial charge >= 0.3 is 0 Å². The van der Waals surface area contributed by atoms with E-state index in [0.29, 0.717) is 6.42 Å². The number of benzene rings is 2. The van der Waals surface area contributed by atoms with E-state index in [1.807, 2.05) is 30.3 Å². The van der Waals surface area contributed by atoms with Crippen LogP contribution in [0.4, 0.5) is 5.69 Å². The van der Waals surface area contributed by atoms with Crippen molar-refractivity contribution in [2.45, 2.75) is 32.6 Å². The summed E-state index contributed by atoms with van der Waals surface area (Å²) in [6, 6.07) is 14.0. The van der Waals surface area contributed by atoms with Gasteiger partial charge in [0.2, 0.25) is 5.91 Å². The number of rotatable bonds is 3. The predicted octanol–water partition coefficient (Wildman–Crippen LogP) is 5.52. The molecule has 3 aromatic rings. The second kappa shape index (κ2) is 6.59. The number of amides is 1. The monoisotopic (exact) mass is 433 g/mol.